The fourth-order valence-electron chi connectivity index (χ4n) is 3.81. The van der Waals surface area contributed by atoms with E-state index < -0.39 is 5.97 Å². The molecular formula is C21H18N2O8. The van der Waals surface area contributed by atoms with Crippen LogP contribution in [0.25, 0.3) is 10.9 Å². The molecular weight excluding hydrogens is 408 g/mol. The number of anilines is 2. The molecule has 3 aromatic rings. The number of carbonyl (C=O) groups is 1. The van der Waals surface area contributed by atoms with Gasteiger partial charge < -0.3 is 38.9 Å². The molecule has 0 radical (unpaired) electrons. The van der Waals surface area contributed by atoms with Crippen LogP contribution in [0.5, 0.6) is 28.7 Å². The van der Waals surface area contributed by atoms with Crippen LogP contribution in [0.1, 0.15) is 16.1 Å². The van der Waals surface area contributed by atoms with Gasteiger partial charge in [0.2, 0.25) is 23.8 Å². The molecule has 1 aromatic heterocycles. The van der Waals surface area contributed by atoms with Crippen molar-refractivity contribution >= 4 is 28.2 Å². The fourth-order valence-corrected chi connectivity index (χ4v) is 3.81. The van der Waals surface area contributed by atoms with Crippen LogP contribution in [0.3, 0.4) is 0 Å². The quantitative estimate of drug-likeness (QED) is 0.374. The number of ether oxygens (including phenoxy) is 6. The number of fused-ring (bicyclic) bond motifs is 3. The Morgan fingerprint density at radius 3 is 2.29 bits per heavy atom. The molecule has 2 aromatic carbocycles. The van der Waals surface area contributed by atoms with Crippen LogP contribution in [-0.2, 0) is 11.3 Å². The van der Waals surface area contributed by atoms with Gasteiger partial charge in [-0.05, 0) is 0 Å². The van der Waals surface area contributed by atoms with E-state index in [0.717, 1.165) is 0 Å². The van der Waals surface area contributed by atoms with E-state index in [4.69, 9.17) is 28.4 Å². The van der Waals surface area contributed by atoms with Crippen molar-refractivity contribution in [2.24, 2.45) is 0 Å². The highest BCUT2D eigenvalue weighted by Gasteiger charge is 2.36. The number of benzene rings is 2. The monoisotopic (exact) mass is 426 g/mol. The Balaban J connectivity index is 1.75. The highest BCUT2D eigenvalue weighted by atomic mass is 16.7. The first-order valence-corrected chi connectivity index (χ1v) is 9.31. The standard InChI is InChI=1S/C21H18N2O8/c1-26-16-4-10(5-17(27-2)20(16)28-3)22-19-11-6-14-15(31-9-30-14)7-12(11)23(25)13-8-29-21(24)18(13)19/h4-7,22H,8-9H2,1-3H3. The second kappa shape index (κ2) is 7.01. The number of esters is 1. The number of nitrogens with zero attached hydrogens (tertiary/aromatic N) is 1. The lowest BCUT2D eigenvalue weighted by atomic mass is 10.1. The summed E-state index contributed by atoms with van der Waals surface area (Å²) in [6.45, 7) is -0.0616. The Bertz CT molecular complexity index is 1220. The van der Waals surface area contributed by atoms with Gasteiger partial charge in [0.05, 0.1) is 38.5 Å². The largest absolute Gasteiger partial charge is 0.618 e. The van der Waals surface area contributed by atoms with E-state index in [1.165, 1.54) is 21.3 Å². The number of aromatic nitrogens is 1. The van der Waals surface area contributed by atoms with Crippen molar-refractivity contribution in [3.63, 3.8) is 0 Å². The second-order valence-corrected chi connectivity index (χ2v) is 6.83. The highest BCUT2D eigenvalue weighted by molar-refractivity contribution is 6.08. The maximum atomic E-state index is 13.0. The molecule has 1 N–H and O–H groups in total. The zero-order valence-corrected chi connectivity index (χ0v) is 16.9. The molecule has 0 bridgehead atoms. The Labute approximate surface area is 176 Å². The zero-order chi connectivity index (χ0) is 21.7. The topological polar surface area (TPSA) is 111 Å². The molecule has 31 heavy (non-hydrogen) atoms. The molecule has 0 aliphatic carbocycles. The molecule has 0 unspecified atom stereocenters. The molecule has 0 atom stereocenters. The number of methoxy groups -OCH3 is 3. The first kappa shape index (κ1) is 18.9. The van der Waals surface area contributed by atoms with Gasteiger partial charge in [-0.2, -0.15) is 4.73 Å². The van der Waals surface area contributed by atoms with Crippen LogP contribution in [0, 0.1) is 5.21 Å². The third-order valence-electron chi connectivity index (χ3n) is 5.24. The zero-order valence-electron chi connectivity index (χ0n) is 16.9. The molecule has 10 heteroatoms. The fraction of sp³-hybridized carbons (Fsp3) is 0.238. The number of carbonyl (C=O) groups excluding carboxylic acids is 1. The van der Waals surface area contributed by atoms with E-state index in [1.807, 2.05) is 0 Å². The maximum absolute atomic E-state index is 13.0. The smallest absolute Gasteiger partial charge is 0.347 e. The average molecular weight is 426 g/mol. The summed E-state index contributed by atoms with van der Waals surface area (Å²) in [5.74, 6) is 1.64. The molecule has 0 fully saturated rings. The van der Waals surface area contributed by atoms with E-state index in [-0.39, 0.29) is 24.7 Å². The van der Waals surface area contributed by atoms with Crippen molar-refractivity contribution in [1.29, 1.82) is 0 Å². The molecule has 2 aliphatic rings. The molecule has 0 spiro atoms. The number of rotatable bonds is 5. The highest BCUT2D eigenvalue weighted by Crippen LogP contribution is 2.44. The van der Waals surface area contributed by atoms with Crippen molar-refractivity contribution in [2.75, 3.05) is 33.4 Å². The maximum Gasteiger partial charge on any atom is 0.347 e. The SMILES string of the molecule is COc1cc(Nc2c3c([n+]([O-])c4cc5c(cc24)OCO5)COC3=O)cc(OC)c1OC. The molecule has 2 aliphatic heterocycles. The average Bonchev–Trinajstić information content (AvgIpc) is 3.41. The minimum Gasteiger partial charge on any atom is -0.618 e. The van der Waals surface area contributed by atoms with Gasteiger partial charge >= 0.3 is 5.97 Å². The summed E-state index contributed by atoms with van der Waals surface area (Å²) >= 11 is 0. The summed E-state index contributed by atoms with van der Waals surface area (Å²) in [6.07, 6.45) is 0. The van der Waals surface area contributed by atoms with Gasteiger partial charge in [0.1, 0.15) is 0 Å². The Morgan fingerprint density at radius 2 is 1.65 bits per heavy atom. The predicted octanol–water partition coefficient (Wildman–Crippen LogP) is 2.64. The van der Waals surface area contributed by atoms with E-state index in [9.17, 15) is 10.0 Å². The summed E-state index contributed by atoms with van der Waals surface area (Å²) in [7, 11) is 4.53. The Morgan fingerprint density at radius 1 is 0.968 bits per heavy atom. The molecule has 0 saturated carbocycles. The summed E-state index contributed by atoms with van der Waals surface area (Å²) in [5, 5.41) is 16.7. The Hall–Kier alpha value is -4.08. The summed E-state index contributed by atoms with van der Waals surface area (Å²) < 4.78 is 32.9. The van der Waals surface area contributed by atoms with Crippen molar-refractivity contribution in [1.82, 2.24) is 0 Å². The first-order valence-electron chi connectivity index (χ1n) is 9.31. The van der Waals surface area contributed by atoms with Crippen molar-refractivity contribution in [2.45, 2.75) is 6.61 Å². The summed E-state index contributed by atoms with van der Waals surface area (Å²) in [4.78, 5) is 12.5. The molecule has 3 heterocycles. The van der Waals surface area contributed by atoms with Crippen LogP contribution in [0.15, 0.2) is 24.3 Å². The van der Waals surface area contributed by atoms with Crippen molar-refractivity contribution in [3.8, 4) is 28.7 Å². The van der Waals surface area contributed by atoms with Gasteiger partial charge in [-0.1, -0.05) is 0 Å². The van der Waals surface area contributed by atoms with E-state index in [2.05, 4.69) is 5.32 Å². The van der Waals surface area contributed by atoms with Gasteiger partial charge in [0, 0.05) is 23.9 Å². The number of pyridine rings is 1. The van der Waals surface area contributed by atoms with Gasteiger partial charge in [-0.15, -0.1) is 0 Å². The number of cyclic esters (lactones) is 1. The lowest BCUT2D eigenvalue weighted by molar-refractivity contribution is -0.587. The number of nitrogens with one attached hydrogen (secondary N) is 1. The Kier molecular flexibility index (Phi) is 4.28. The van der Waals surface area contributed by atoms with Crippen molar-refractivity contribution in [3.05, 3.63) is 40.7 Å². The van der Waals surface area contributed by atoms with E-state index in [0.29, 0.717) is 55.8 Å². The van der Waals surface area contributed by atoms with Crippen LogP contribution in [0.2, 0.25) is 0 Å². The minimum atomic E-state index is -0.589. The van der Waals surface area contributed by atoms with Gasteiger partial charge in [-0.3, -0.25) is 0 Å². The third-order valence-corrected chi connectivity index (χ3v) is 5.24. The van der Waals surface area contributed by atoms with E-state index in [1.54, 1.807) is 24.3 Å². The van der Waals surface area contributed by atoms with Crippen LogP contribution in [-0.4, -0.2) is 34.1 Å². The molecule has 10 nitrogen and oxygen atoms in total. The van der Waals surface area contributed by atoms with Crippen LogP contribution < -0.4 is 33.7 Å². The molecule has 5 rings (SSSR count). The summed E-state index contributed by atoms with van der Waals surface area (Å²) in [5.41, 5.74) is 1.66. The van der Waals surface area contributed by atoms with Crippen LogP contribution in [0.4, 0.5) is 11.4 Å². The number of hydrogen-bond donors (Lipinski definition) is 1. The van der Waals surface area contributed by atoms with E-state index >= 15 is 0 Å². The van der Waals surface area contributed by atoms with Crippen molar-refractivity contribution < 1.29 is 37.9 Å². The van der Waals surface area contributed by atoms with Gasteiger partial charge in [0.15, 0.2) is 35.2 Å². The second-order valence-electron chi connectivity index (χ2n) is 6.83. The lowest BCUT2D eigenvalue weighted by Gasteiger charge is -2.17. The normalized spacial score (nSPS) is 13.7. The molecule has 160 valence electrons. The molecule has 0 amide bonds. The first-order chi connectivity index (χ1) is 15.0. The van der Waals surface area contributed by atoms with Gasteiger partial charge in [-0.25, -0.2) is 4.79 Å². The lowest BCUT2D eigenvalue weighted by Crippen LogP contribution is -2.33. The summed E-state index contributed by atoms with van der Waals surface area (Å²) in [6, 6.07) is 6.66. The minimum absolute atomic E-state index is 0.0574. The number of hydrogen-bond acceptors (Lipinski definition) is 9. The van der Waals surface area contributed by atoms with Gasteiger partial charge in [0.25, 0.3) is 0 Å². The predicted molar refractivity (Wildman–Crippen MR) is 108 cm³/mol. The third kappa shape index (κ3) is 2.79. The molecule has 0 saturated heterocycles. The van der Waals surface area contributed by atoms with Crippen LogP contribution >= 0.6 is 0 Å².